The number of carbonyl (C=O) groups excluding carboxylic acids is 1. The van der Waals surface area contributed by atoms with E-state index in [4.69, 9.17) is 5.73 Å². The number of piperidine rings is 1. The van der Waals surface area contributed by atoms with Crippen LogP contribution < -0.4 is 16.0 Å². The van der Waals surface area contributed by atoms with Crippen molar-refractivity contribution >= 4 is 23.2 Å². The van der Waals surface area contributed by atoms with Crippen LogP contribution in [0.25, 0.3) is 0 Å². The van der Waals surface area contributed by atoms with Crippen LogP contribution in [-0.4, -0.2) is 54.0 Å². The van der Waals surface area contributed by atoms with E-state index in [0.29, 0.717) is 11.6 Å². The third kappa shape index (κ3) is 6.80. The smallest absolute Gasteiger partial charge is 0.370 e. The number of halogens is 3. The van der Waals surface area contributed by atoms with E-state index in [2.05, 4.69) is 39.2 Å². The van der Waals surface area contributed by atoms with E-state index in [1.165, 1.54) is 0 Å². The number of primary amides is 1. The first-order chi connectivity index (χ1) is 18.1. The van der Waals surface area contributed by atoms with Gasteiger partial charge in [0.1, 0.15) is 0 Å². The number of hydrogen-bond acceptors (Lipinski definition) is 6. The maximum Gasteiger partial charge on any atom is 0.419 e. The highest BCUT2D eigenvalue weighted by atomic mass is 19.4. The SMILES string of the molecule is CN(C)C1CCN(c2ccccc2Nc2ncc(C(F)(F)F)c(CCc3ccccc3CC(N)=O)n2)CC1. The van der Waals surface area contributed by atoms with Gasteiger partial charge >= 0.3 is 6.18 Å². The highest BCUT2D eigenvalue weighted by Crippen LogP contribution is 2.34. The van der Waals surface area contributed by atoms with E-state index < -0.39 is 17.6 Å². The Morgan fingerprint density at radius 2 is 1.71 bits per heavy atom. The summed E-state index contributed by atoms with van der Waals surface area (Å²) in [6.07, 6.45) is -1.36. The molecule has 1 aliphatic rings. The summed E-state index contributed by atoms with van der Waals surface area (Å²) in [5.74, 6) is -0.388. The van der Waals surface area contributed by atoms with Gasteiger partial charge in [-0.2, -0.15) is 13.2 Å². The molecule has 0 bridgehead atoms. The molecule has 38 heavy (non-hydrogen) atoms. The maximum absolute atomic E-state index is 13.8. The number of nitrogens with zero attached hydrogens (tertiary/aromatic N) is 4. The number of anilines is 3. The molecule has 3 N–H and O–H groups in total. The van der Waals surface area contributed by atoms with Crippen molar-refractivity contribution in [3.05, 3.63) is 77.1 Å². The summed E-state index contributed by atoms with van der Waals surface area (Å²) in [6, 6.07) is 15.3. The predicted molar refractivity (Wildman–Crippen MR) is 142 cm³/mol. The lowest BCUT2D eigenvalue weighted by Crippen LogP contribution is -2.42. The number of benzene rings is 2. The molecule has 1 fully saturated rings. The van der Waals surface area contributed by atoms with Crippen molar-refractivity contribution in [2.45, 2.75) is 44.3 Å². The molecule has 202 valence electrons. The highest BCUT2D eigenvalue weighted by molar-refractivity contribution is 5.77. The average Bonchev–Trinajstić information content (AvgIpc) is 2.88. The van der Waals surface area contributed by atoms with Gasteiger partial charge < -0.3 is 20.9 Å². The van der Waals surface area contributed by atoms with Crippen LogP contribution in [0.15, 0.2) is 54.7 Å². The number of nitrogens with one attached hydrogen (secondary N) is 1. The minimum atomic E-state index is -4.59. The second kappa shape index (κ2) is 11.8. The van der Waals surface area contributed by atoms with Crippen molar-refractivity contribution in [2.75, 3.05) is 37.4 Å². The van der Waals surface area contributed by atoms with Crippen molar-refractivity contribution in [2.24, 2.45) is 5.73 Å². The summed E-state index contributed by atoms with van der Waals surface area (Å²) in [7, 11) is 4.18. The summed E-state index contributed by atoms with van der Waals surface area (Å²) >= 11 is 0. The molecule has 1 aliphatic heterocycles. The number of hydrogen-bond donors (Lipinski definition) is 2. The van der Waals surface area contributed by atoms with Gasteiger partial charge in [-0.1, -0.05) is 36.4 Å². The minimum Gasteiger partial charge on any atom is -0.370 e. The lowest BCUT2D eigenvalue weighted by atomic mass is 9.98. The van der Waals surface area contributed by atoms with Crippen molar-refractivity contribution in [3.8, 4) is 0 Å². The molecule has 2 aromatic carbocycles. The average molecular weight is 527 g/mol. The molecule has 0 spiro atoms. The molecule has 3 aromatic rings. The summed E-state index contributed by atoms with van der Waals surface area (Å²) in [6.45, 7) is 1.76. The Morgan fingerprint density at radius 3 is 2.37 bits per heavy atom. The van der Waals surface area contributed by atoms with Gasteiger partial charge in [0.2, 0.25) is 11.9 Å². The lowest BCUT2D eigenvalue weighted by Gasteiger charge is -2.37. The second-order valence-electron chi connectivity index (χ2n) is 9.79. The van der Waals surface area contributed by atoms with Crippen LogP contribution in [0.4, 0.5) is 30.5 Å². The maximum atomic E-state index is 13.8. The van der Waals surface area contributed by atoms with Crippen molar-refractivity contribution in [3.63, 3.8) is 0 Å². The molecule has 10 heteroatoms. The molecular weight excluding hydrogens is 493 g/mol. The molecule has 0 unspecified atom stereocenters. The largest absolute Gasteiger partial charge is 0.419 e. The van der Waals surface area contributed by atoms with E-state index in [1.54, 1.807) is 24.3 Å². The number of alkyl halides is 3. The summed E-state index contributed by atoms with van der Waals surface area (Å²) in [5.41, 5.74) is 7.55. The standard InChI is InChI=1S/C28H33F3N6O/c1-36(2)21-13-15-37(16-14-21)25-10-6-5-9-24(25)35-27-33-18-22(28(29,30)31)23(34-27)12-11-19-7-3-4-8-20(19)17-26(32)38/h3-10,18,21H,11-17H2,1-2H3,(H2,32,38)(H,33,34,35). The van der Waals surface area contributed by atoms with Crippen LogP contribution in [0.2, 0.25) is 0 Å². The Bertz CT molecular complexity index is 1260. The molecule has 2 heterocycles. The van der Waals surface area contributed by atoms with Gasteiger partial charge in [-0.25, -0.2) is 9.97 Å². The lowest BCUT2D eigenvalue weighted by molar-refractivity contribution is -0.138. The van der Waals surface area contributed by atoms with Crippen LogP contribution in [-0.2, 0) is 30.2 Å². The first kappa shape index (κ1) is 27.4. The first-order valence-corrected chi connectivity index (χ1v) is 12.7. The zero-order valence-electron chi connectivity index (χ0n) is 21.6. The molecule has 0 aliphatic carbocycles. The number of nitrogens with two attached hydrogens (primary N) is 1. The quantitative estimate of drug-likeness (QED) is 0.424. The third-order valence-corrected chi connectivity index (χ3v) is 6.97. The van der Waals surface area contributed by atoms with Gasteiger partial charge in [-0.3, -0.25) is 4.79 Å². The van der Waals surface area contributed by atoms with Crippen LogP contribution in [0.1, 0.15) is 35.2 Å². The zero-order valence-corrected chi connectivity index (χ0v) is 21.6. The second-order valence-corrected chi connectivity index (χ2v) is 9.79. The Morgan fingerprint density at radius 1 is 1.05 bits per heavy atom. The van der Waals surface area contributed by atoms with Gasteiger partial charge in [-0.05, 0) is 63.0 Å². The van der Waals surface area contributed by atoms with Gasteiger partial charge in [0, 0.05) is 25.3 Å². The first-order valence-electron chi connectivity index (χ1n) is 12.7. The normalized spacial score (nSPS) is 14.6. The fourth-order valence-corrected chi connectivity index (χ4v) is 4.92. The summed E-state index contributed by atoms with van der Waals surface area (Å²) < 4.78 is 41.4. The molecule has 1 amide bonds. The van der Waals surface area contributed by atoms with Crippen molar-refractivity contribution < 1.29 is 18.0 Å². The molecule has 1 saturated heterocycles. The number of carbonyl (C=O) groups is 1. The number of aryl methyl sites for hydroxylation is 2. The van der Waals surface area contributed by atoms with E-state index in [-0.39, 0.29) is 30.9 Å². The predicted octanol–water partition coefficient (Wildman–Crippen LogP) is 4.58. The topological polar surface area (TPSA) is 87.4 Å². The minimum absolute atomic E-state index is 0.0292. The fourth-order valence-electron chi connectivity index (χ4n) is 4.92. The number of amides is 1. The third-order valence-electron chi connectivity index (χ3n) is 6.97. The van der Waals surface area contributed by atoms with Crippen molar-refractivity contribution in [1.29, 1.82) is 0 Å². The number of rotatable bonds is 9. The van der Waals surface area contributed by atoms with Crippen molar-refractivity contribution in [1.82, 2.24) is 14.9 Å². The Balaban J connectivity index is 1.56. The zero-order chi connectivity index (χ0) is 27.3. The van der Waals surface area contributed by atoms with Gasteiger partial charge in [-0.15, -0.1) is 0 Å². The molecule has 0 saturated carbocycles. The van der Waals surface area contributed by atoms with Crippen LogP contribution in [0.3, 0.4) is 0 Å². The fraction of sp³-hybridized carbons (Fsp3) is 0.393. The Labute approximate surface area is 220 Å². The molecule has 0 radical (unpaired) electrons. The van der Waals surface area contributed by atoms with Gasteiger partial charge in [0.05, 0.1) is 29.1 Å². The molecule has 0 atom stereocenters. The summed E-state index contributed by atoms with van der Waals surface area (Å²) in [4.78, 5) is 24.3. The van der Waals surface area contributed by atoms with E-state index >= 15 is 0 Å². The van der Waals surface area contributed by atoms with Crippen LogP contribution >= 0.6 is 0 Å². The molecule has 1 aromatic heterocycles. The molecule has 7 nitrogen and oxygen atoms in total. The van der Waals surface area contributed by atoms with E-state index in [9.17, 15) is 18.0 Å². The van der Waals surface area contributed by atoms with Crippen LogP contribution in [0, 0.1) is 0 Å². The Kier molecular flexibility index (Phi) is 8.51. The highest BCUT2D eigenvalue weighted by Gasteiger charge is 2.35. The monoisotopic (exact) mass is 526 g/mol. The van der Waals surface area contributed by atoms with Gasteiger partial charge in [0.15, 0.2) is 0 Å². The molecular formula is C28H33F3N6O. The molecule has 4 rings (SSSR count). The Hall–Kier alpha value is -3.66. The summed E-state index contributed by atoms with van der Waals surface area (Å²) in [5, 5.41) is 3.16. The number of aromatic nitrogens is 2. The van der Waals surface area contributed by atoms with Crippen LogP contribution in [0.5, 0.6) is 0 Å². The van der Waals surface area contributed by atoms with E-state index in [0.717, 1.165) is 49.1 Å². The van der Waals surface area contributed by atoms with Gasteiger partial charge in [0.25, 0.3) is 0 Å². The van der Waals surface area contributed by atoms with E-state index in [1.807, 2.05) is 24.3 Å². The number of para-hydroxylation sites is 2.